The Kier molecular flexibility index (Phi) is 5.96. The number of aryl methyl sites for hydroxylation is 1. The molecule has 2 atom stereocenters. The summed E-state index contributed by atoms with van der Waals surface area (Å²) in [5.41, 5.74) is 1.93. The van der Waals surface area contributed by atoms with Crippen molar-refractivity contribution in [2.45, 2.75) is 27.3 Å². The van der Waals surface area contributed by atoms with Crippen LogP contribution >= 0.6 is 0 Å². The predicted octanol–water partition coefficient (Wildman–Crippen LogP) is 1.60. The first-order valence-electron chi connectivity index (χ1n) is 8.08. The third kappa shape index (κ3) is 4.43. The van der Waals surface area contributed by atoms with Crippen LogP contribution in [0.5, 0.6) is 0 Å². The van der Waals surface area contributed by atoms with Crippen molar-refractivity contribution in [1.82, 2.24) is 15.2 Å². The van der Waals surface area contributed by atoms with Crippen LogP contribution in [-0.4, -0.2) is 48.6 Å². The molecule has 6 heteroatoms. The Balaban J connectivity index is 2.09. The highest BCUT2D eigenvalue weighted by atomic mass is 16.5. The standard InChI is InChI=1S/C17H26N4O2/c1-5-18-17(19-9-14-8-6-7-13(3)20-14)21-10-12(2)15(11-21)16(22)23-4/h6-8,12,15H,5,9-11H2,1-4H3,(H,18,19). The van der Waals surface area contributed by atoms with E-state index in [-0.39, 0.29) is 17.8 Å². The molecule has 0 bridgehead atoms. The molecule has 2 heterocycles. The van der Waals surface area contributed by atoms with Crippen molar-refractivity contribution in [3.63, 3.8) is 0 Å². The summed E-state index contributed by atoms with van der Waals surface area (Å²) in [6.07, 6.45) is 0. The number of pyridine rings is 1. The Bertz CT molecular complexity index is 573. The lowest BCUT2D eigenvalue weighted by Gasteiger charge is -2.21. The van der Waals surface area contributed by atoms with Crippen molar-refractivity contribution in [2.75, 3.05) is 26.7 Å². The molecule has 1 aliphatic rings. The zero-order valence-corrected chi connectivity index (χ0v) is 14.4. The van der Waals surface area contributed by atoms with Gasteiger partial charge in [-0.05, 0) is 31.9 Å². The first-order valence-corrected chi connectivity index (χ1v) is 8.08. The quantitative estimate of drug-likeness (QED) is 0.519. The van der Waals surface area contributed by atoms with Crippen LogP contribution in [0, 0.1) is 18.8 Å². The second-order valence-corrected chi connectivity index (χ2v) is 5.95. The van der Waals surface area contributed by atoms with Gasteiger partial charge in [-0.15, -0.1) is 0 Å². The van der Waals surface area contributed by atoms with Crippen molar-refractivity contribution >= 4 is 11.9 Å². The molecule has 126 valence electrons. The van der Waals surface area contributed by atoms with Crippen molar-refractivity contribution in [1.29, 1.82) is 0 Å². The van der Waals surface area contributed by atoms with Gasteiger partial charge < -0.3 is 15.0 Å². The molecule has 0 aromatic carbocycles. The van der Waals surface area contributed by atoms with Gasteiger partial charge in [-0.25, -0.2) is 4.99 Å². The summed E-state index contributed by atoms with van der Waals surface area (Å²) in [5.74, 6) is 0.842. The maximum Gasteiger partial charge on any atom is 0.310 e. The number of esters is 1. The minimum Gasteiger partial charge on any atom is -0.469 e. The van der Waals surface area contributed by atoms with Gasteiger partial charge in [-0.2, -0.15) is 0 Å². The molecule has 1 N–H and O–H groups in total. The number of methoxy groups -OCH3 is 1. The lowest BCUT2D eigenvalue weighted by Crippen LogP contribution is -2.40. The first-order chi connectivity index (χ1) is 11.0. The van der Waals surface area contributed by atoms with Gasteiger partial charge in [0.2, 0.25) is 0 Å². The van der Waals surface area contributed by atoms with Crippen molar-refractivity contribution in [2.24, 2.45) is 16.8 Å². The SMILES string of the molecule is CCNC(=NCc1cccc(C)n1)N1CC(C)C(C(=O)OC)C1. The smallest absolute Gasteiger partial charge is 0.310 e. The van der Waals surface area contributed by atoms with Crippen LogP contribution < -0.4 is 5.32 Å². The van der Waals surface area contributed by atoms with Crippen LogP contribution in [0.15, 0.2) is 23.2 Å². The Morgan fingerprint density at radius 2 is 2.26 bits per heavy atom. The molecule has 2 rings (SSSR count). The third-order valence-electron chi connectivity index (χ3n) is 4.09. The largest absolute Gasteiger partial charge is 0.469 e. The van der Waals surface area contributed by atoms with E-state index in [1.165, 1.54) is 7.11 Å². The fourth-order valence-electron chi connectivity index (χ4n) is 2.87. The molecule has 2 unspecified atom stereocenters. The van der Waals surface area contributed by atoms with Crippen LogP contribution in [0.1, 0.15) is 25.2 Å². The lowest BCUT2D eigenvalue weighted by molar-refractivity contribution is -0.145. The van der Waals surface area contributed by atoms with Crippen molar-refractivity contribution in [3.8, 4) is 0 Å². The molecule has 1 fully saturated rings. The number of ether oxygens (including phenoxy) is 1. The van der Waals surface area contributed by atoms with Gasteiger partial charge in [0, 0.05) is 25.3 Å². The molecule has 1 aromatic rings. The van der Waals surface area contributed by atoms with E-state index in [2.05, 4.69) is 27.1 Å². The van der Waals surface area contributed by atoms with Crippen LogP contribution in [0.25, 0.3) is 0 Å². The number of hydrogen-bond acceptors (Lipinski definition) is 4. The number of carbonyl (C=O) groups excluding carboxylic acids is 1. The summed E-state index contributed by atoms with van der Waals surface area (Å²) in [4.78, 5) is 23.1. The monoisotopic (exact) mass is 318 g/mol. The number of nitrogens with zero attached hydrogens (tertiary/aromatic N) is 3. The number of carbonyl (C=O) groups is 1. The van der Waals surface area contributed by atoms with Gasteiger partial charge >= 0.3 is 5.97 Å². The maximum absolute atomic E-state index is 11.8. The van der Waals surface area contributed by atoms with Crippen LogP contribution in [0.4, 0.5) is 0 Å². The van der Waals surface area contributed by atoms with E-state index in [1.807, 2.05) is 32.0 Å². The van der Waals surface area contributed by atoms with Gasteiger partial charge in [-0.3, -0.25) is 9.78 Å². The number of likely N-dealkylation sites (tertiary alicyclic amines) is 1. The molecule has 0 aliphatic carbocycles. The summed E-state index contributed by atoms with van der Waals surface area (Å²) in [5, 5.41) is 3.30. The normalized spacial score (nSPS) is 21.4. The Hall–Kier alpha value is -2.11. The molecule has 0 saturated carbocycles. The van der Waals surface area contributed by atoms with E-state index in [0.717, 1.165) is 30.4 Å². The van der Waals surface area contributed by atoms with Gasteiger partial charge in [0.15, 0.2) is 5.96 Å². The molecular formula is C17H26N4O2. The number of hydrogen-bond donors (Lipinski definition) is 1. The van der Waals surface area contributed by atoms with E-state index in [1.54, 1.807) is 0 Å². The summed E-state index contributed by atoms with van der Waals surface area (Å²) in [6, 6.07) is 5.94. The maximum atomic E-state index is 11.8. The predicted molar refractivity (Wildman–Crippen MR) is 90.0 cm³/mol. The average molecular weight is 318 g/mol. The number of aromatic nitrogens is 1. The van der Waals surface area contributed by atoms with E-state index in [4.69, 9.17) is 4.74 Å². The third-order valence-corrected chi connectivity index (χ3v) is 4.09. The van der Waals surface area contributed by atoms with Gasteiger partial charge in [0.1, 0.15) is 0 Å². The molecule has 6 nitrogen and oxygen atoms in total. The average Bonchev–Trinajstić information content (AvgIpc) is 2.92. The van der Waals surface area contributed by atoms with Gasteiger partial charge in [0.05, 0.1) is 25.3 Å². The Morgan fingerprint density at radius 3 is 2.91 bits per heavy atom. The second kappa shape index (κ2) is 7.94. The highest BCUT2D eigenvalue weighted by Gasteiger charge is 2.36. The van der Waals surface area contributed by atoms with Crippen molar-refractivity contribution < 1.29 is 9.53 Å². The number of nitrogens with one attached hydrogen (secondary N) is 1. The zero-order chi connectivity index (χ0) is 16.8. The summed E-state index contributed by atoms with van der Waals surface area (Å²) in [6.45, 7) is 8.84. The van der Waals surface area contributed by atoms with Crippen molar-refractivity contribution in [3.05, 3.63) is 29.6 Å². The van der Waals surface area contributed by atoms with Crippen LogP contribution in [0.3, 0.4) is 0 Å². The van der Waals surface area contributed by atoms with Crippen LogP contribution in [-0.2, 0) is 16.1 Å². The number of guanidine groups is 1. The van der Waals surface area contributed by atoms with E-state index < -0.39 is 0 Å². The molecule has 1 aromatic heterocycles. The molecule has 0 amide bonds. The topological polar surface area (TPSA) is 66.8 Å². The number of rotatable bonds is 4. The second-order valence-electron chi connectivity index (χ2n) is 5.95. The first kappa shape index (κ1) is 17.2. The van der Waals surface area contributed by atoms with E-state index >= 15 is 0 Å². The number of aliphatic imine (C=N–C) groups is 1. The van der Waals surface area contributed by atoms with E-state index in [9.17, 15) is 4.79 Å². The summed E-state index contributed by atoms with van der Waals surface area (Å²) >= 11 is 0. The lowest BCUT2D eigenvalue weighted by atomic mass is 9.99. The molecule has 1 aliphatic heterocycles. The summed E-state index contributed by atoms with van der Waals surface area (Å²) in [7, 11) is 1.44. The minimum absolute atomic E-state index is 0.0963. The van der Waals surface area contributed by atoms with E-state index in [0.29, 0.717) is 13.1 Å². The fraction of sp³-hybridized carbons (Fsp3) is 0.588. The van der Waals surface area contributed by atoms with Gasteiger partial charge in [0.25, 0.3) is 0 Å². The molecule has 0 spiro atoms. The fourth-order valence-corrected chi connectivity index (χ4v) is 2.87. The Morgan fingerprint density at radius 1 is 1.48 bits per heavy atom. The molecule has 1 saturated heterocycles. The minimum atomic E-state index is -0.142. The summed E-state index contributed by atoms with van der Waals surface area (Å²) < 4.78 is 4.90. The van der Waals surface area contributed by atoms with Crippen LogP contribution in [0.2, 0.25) is 0 Å². The molecular weight excluding hydrogens is 292 g/mol. The molecule has 23 heavy (non-hydrogen) atoms. The highest BCUT2D eigenvalue weighted by molar-refractivity contribution is 5.82. The molecule has 0 radical (unpaired) electrons. The highest BCUT2D eigenvalue weighted by Crippen LogP contribution is 2.24. The van der Waals surface area contributed by atoms with Gasteiger partial charge in [-0.1, -0.05) is 13.0 Å². The Labute approximate surface area is 138 Å². The zero-order valence-electron chi connectivity index (χ0n) is 14.4.